The molecule has 1 saturated heterocycles. The zero-order chi connectivity index (χ0) is 15.5. The van der Waals surface area contributed by atoms with E-state index >= 15 is 0 Å². The van der Waals surface area contributed by atoms with Crippen LogP contribution in [0.25, 0.3) is 0 Å². The number of hydrogen-bond donors (Lipinski definition) is 2. The Morgan fingerprint density at radius 3 is 2.57 bits per heavy atom. The molecule has 0 bridgehead atoms. The maximum atomic E-state index is 13.5. The van der Waals surface area contributed by atoms with E-state index in [0.717, 1.165) is 18.2 Å². The number of carbonyl (C=O) groups excluding carboxylic acids is 1. The first-order valence-electron chi connectivity index (χ1n) is 6.49. The van der Waals surface area contributed by atoms with Gasteiger partial charge in [0.25, 0.3) is 5.91 Å². The van der Waals surface area contributed by atoms with Crippen molar-refractivity contribution in [3.8, 4) is 0 Å². The van der Waals surface area contributed by atoms with Gasteiger partial charge in [-0.2, -0.15) is 0 Å². The van der Waals surface area contributed by atoms with Crippen LogP contribution in [0.2, 0.25) is 0 Å². The second kappa shape index (κ2) is 6.17. The first kappa shape index (κ1) is 15.4. The molecule has 0 radical (unpaired) electrons. The molecular weight excluding hydrogens is 284 g/mol. The Labute approximate surface area is 119 Å². The lowest BCUT2D eigenvalue weighted by Crippen LogP contribution is -2.46. The van der Waals surface area contributed by atoms with Gasteiger partial charge in [0.1, 0.15) is 11.6 Å². The standard InChI is InChI=1S/C14H15F2NO4/c15-9-1-2-11(16)10(7-9)12(18)17-8-14(13(19)20)3-5-21-6-4-14/h1-2,7H,3-6,8H2,(H,17,18)(H,19,20). The van der Waals surface area contributed by atoms with Gasteiger partial charge in [-0.3, -0.25) is 9.59 Å². The molecule has 0 aliphatic carbocycles. The zero-order valence-corrected chi connectivity index (χ0v) is 11.2. The fraction of sp³-hybridized carbons (Fsp3) is 0.429. The summed E-state index contributed by atoms with van der Waals surface area (Å²) in [5.74, 6) is -3.46. The lowest BCUT2D eigenvalue weighted by molar-refractivity contribution is -0.154. The van der Waals surface area contributed by atoms with Gasteiger partial charge in [0.05, 0.1) is 11.0 Å². The van der Waals surface area contributed by atoms with Crippen LogP contribution in [0.1, 0.15) is 23.2 Å². The molecule has 1 aromatic rings. The quantitative estimate of drug-likeness (QED) is 0.885. The van der Waals surface area contributed by atoms with Crippen LogP contribution in [-0.2, 0) is 9.53 Å². The van der Waals surface area contributed by atoms with E-state index in [1.807, 2.05) is 0 Å². The average molecular weight is 299 g/mol. The number of rotatable bonds is 4. The van der Waals surface area contributed by atoms with Gasteiger partial charge in [-0.25, -0.2) is 8.78 Å². The molecule has 1 amide bonds. The Hall–Kier alpha value is -2.02. The van der Waals surface area contributed by atoms with Crippen molar-refractivity contribution in [2.75, 3.05) is 19.8 Å². The Morgan fingerprint density at radius 2 is 1.95 bits per heavy atom. The SMILES string of the molecule is O=C(NCC1(C(=O)O)CCOCC1)c1cc(F)ccc1F. The summed E-state index contributed by atoms with van der Waals surface area (Å²) >= 11 is 0. The van der Waals surface area contributed by atoms with E-state index in [1.54, 1.807) is 0 Å². The second-order valence-electron chi connectivity index (χ2n) is 5.00. The smallest absolute Gasteiger partial charge is 0.311 e. The number of amides is 1. The molecule has 0 atom stereocenters. The Bertz CT molecular complexity index is 556. The van der Waals surface area contributed by atoms with E-state index in [1.165, 1.54) is 0 Å². The van der Waals surface area contributed by atoms with E-state index in [-0.39, 0.29) is 32.6 Å². The normalized spacial score (nSPS) is 17.2. The number of nitrogens with one attached hydrogen (secondary N) is 1. The number of carbonyl (C=O) groups is 2. The summed E-state index contributed by atoms with van der Waals surface area (Å²) in [7, 11) is 0. The first-order valence-corrected chi connectivity index (χ1v) is 6.49. The van der Waals surface area contributed by atoms with Crippen molar-refractivity contribution in [2.45, 2.75) is 12.8 Å². The van der Waals surface area contributed by atoms with E-state index in [0.29, 0.717) is 0 Å². The largest absolute Gasteiger partial charge is 0.481 e. The highest BCUT2D eigenvalue weighted by atomic mass is 19.1. The molecule has 1 aromatic carbocycles. The maximum absolute atomic E-state index is 13.5. The third-order valence-electron chi connectivity index (χ3n) is 3.66. The van der Waals surface area contributed by atoms with E-state index in [2.05, 4.69) is 5.32 Å². The number of benzene rings is 1. The van der Waals surface area contributed by atoms with Crippen LogP contribution < -0.4 is 5.32 Å². The molecule has 0 unspecified atom stereocenters. The molecule has 1 heterocycles. The lowest BCUT2D eigenvalue weighted by atomic mass is 9.80. The molecule has 0 saturated carbocycles. The Balaban J connectivity index is 2.08. The monoisotopic (exact) mass is 299 g/mol. The summed E-state index contributed by atoms with van der Waals surface area (Å²) in [6, 6.07) is 2.54. The molecule has 21 heavy (non-hydrogen) atoms. The number of hydrogen-bond acceptors (Lipinski definition) is 3. The summed E-state index contributed by atoms with van der Waals surface area (Å²) in [6.07, 6.45) is 0.516. The molecule has 114 valence electrons. The predicted molar refractivity (Wildman–Crippen MR) is 68.8 cm³/mol. The van der Waals surface area contributed by atoms with Crippen LogP contribution in [0.4, 0.5) is 8.78 Å². The van der Waals surface area contributed by atoms with E-state index in [9.17, 15) is 23.5 Å². The summed E-state index contributed by atoms with van der Waals surface area (Å²) in [4.78, 5) is 23.3. The van der Waals surface area contributed by atoms with Crippen molar-refractivity contribution in [3.05, 3.63) is 35.4 Å². The lowest BCUT2D eigenvalue weighted by Gasteiger charge is -2.33. The molecule has 1 fully saturated rings. The van der Waals surface area contributed by atoms with Gasteiger partial charge in [-0.1, -0.05) is 0 Å². The summed E-state index contributed by atoms with van der Waals surface area (Å²) < 4.78 is 31.6. The Morgan fingerprint density at radius 1 is 1.29 bits per heavy atom. The van der Waals surface area contributed by atoms with Crippen LogP contribution in [0.3, 0.4) is 0 Å². The van der Waals surface area contributed by atoms with Gasteiger partial charge < -0.3 is 15.2 Å². The van der Waals surface area contributed by atoms with Gasteiger partial charge in [0.15, 0.2) is 0 Å². The van der Waals surface area contributed by atoms with Gasteiger partial charge in [0.2, 0.25) is 0 Å². The predicted octanol–water partition coefficient (Wildman–Crippen LogP) is 1.58. The summed E-state index contributed by atoms with van der Waals surface area (Å²) in [5.41, 5.74) is -1.57. The molecule has 2 rings (SSSR count). The van der Waals surface area contributed by atoms with Crippen LogP contribution in [0.5, 0.6) is 0 Å². The minimum atomic E-state index is -1.13. The highest BCUT2D eigenvalue weighted by molar-refractivity contribution is 5.94. The third kappa shape index (κ3) is 3.36. The summed E-state index contributed by atoms with van der Waals surface area (Å²) in [6.45, 7) is 0.424. The topological polar surface area (TPSA) is 75.6 Å². The van der Waals surface area contributed by atoms with Crippen LogP contribution >= 0.6 is 0 Å². The number of aliphatic carboxylic acids is 1. The minimum Gasteiger partial charge on any atom is -0.481 e. The van der Waals surface area contributed by atoms with Crippen molar-refractivity contribution < 1.29 is 28.2 Å². The van der Waals surface area contributed by atoms with Gasteiger partial charge >= 0.3 is 5.97 Å². The number of carboxylic acid groups (broad SMARTS) is 1. The molecule has 1 aliphatic heterocycles. The Kier molecular flexibility index (Phi) is 4.52. The van der Waals surface area contributed by atoms with Gasteiger partial charge in [-0.05, 0) is 31.0 Å². The van der Waals surface area contributed by atoms with Gasteiger partial charge in [-0.15, -0.1) is 0 Å². The van der Waals surface area contributed by atoms with Crippen LogP contribution in [0, 0.1) is 17.0 Å². The molecule has 5 nitrogen and oxygen atoms in total. The van der Waals surface area contributed by atoms with Crippen molar-refractivity contribution in [1.29, 1.82) is 0 Å². The molecule has 0 spiro atoms. The molecule has 7 heteroatoms. The average Bonchev–Trinajstić information content (AvgIpc) is 2.48. The van der Waals surface area contributed by atoms with Crippen LogP contribution in [-0.4, -0.2) is 36.7 Å². The zero-order valence-electron chi connectivity index (χ0n) is 11.2. The minimum absolute atomic E-state index is 0.152. The third-order valence-corrected chi connectivity index (χ3v) is 3.66. The molecule has 0 aromatic heterocycles. The first-order chi connectivity index (χ1) is 9.94. The number of ether oxygens (including phenoxy) is 1. The van der Waals surface area contributed by atoms with Crippen molar-refractivity contribution in [3.63, 3.8) is 0 Å². The number of halogens is 2. The van der Waals surface area contributed by atoms with Gasteiger partial charge in [0, 0.05) is 19.8 Å². The van der Waals surface area contributed by atoms with Crippen LogP contribution in [0.15, 0.2) is 18.2 Å². The molecule has 2 N–H and O–H groups in total. The van der Waals surface area contributed by atoms with Crippen molar-refractivity contribution >= 4 is 11.9 Å². The summed E-state index contributed by atoms with van der Waals surface area (Å²) in [5, 5.41) is 11.7. The highest BCUT2D eigenvalue weighted by Gasteiger charge is 2.40. The number of carboxylic acids is 1. The second-order valence-corrected chi connectivity index (χ2v) is 5.00. The van der Waals surface area contributed by atoms with E-state index < -0.39 is 34.5 Å². The van der Waals surface area contributed by atoms with Crippen molar-refractivity contribution in [2.24, 2.45) is 5.41 Å². The fourth-order valence-corrected chi connectivity index (χ4v) is 2.24. The fourth-order valence-electron chi connectivity index (χ4n) is 2.24. The molecule has 1 aliphatic rings. The molecular formula is C14H15F2NO4. The van der Waals surface area contributed by atoms with Crippen molar-refractivity contribution in [1.82, 2.24) is 5.32 Å². The highest BCUT2D eigenvalue weighted by Crippen LogP contribution is 2.30. The van der Waals surface area contributed by atoms with E-state index in [4.69, 9.17) is 4.74 Å². The maximum Gasteiger partial charge on any atom is 0.311 e.